The van der Waals surface area contributed by atoms with Crippen LogP contribution in [0.4, 0.5) is 0 Å². The van der Waals surface area contributed by atoms with E-state index in [1.807, 2.05) is 0 Å². The molecule has 0 aromatic heterocycles. The Morgan fingerprint density at radius 3 is 2.44 bits per heavy atom. The number of rotatable bonds is 3. The summed E-state index contributed by atoms with van der Waals surface area (Å²) in [6, 6.07) is -0.837. The highest BCUT2D eigenvalue weighted by atomic mass is 16.4. The Bertz CT molecular complexity index is 325. The summed E-state index contributed by atoms with van der Waals surface area (Å²) in [5.74, 6) is -0.715. The standard InChI is InChI=1S/C13H21NO4/c15-10-7-11(13(17)18)14(8-10)12(16)6-9-4-2-1-3-5-9/h9-11,15H,1-8H2,(H,17,18)/t10-,11+/m1/s1. The SMILES string of the molecule is O=C(O)[C@@H]1C[C@@H](O)CN1C(=O)CC1CCCCC1. The summed E-state index contributed by atoms with van der Waals surface area (Å²) in [4.78, 5) is 24.5. The zero-order chi connectivity index (χ0) is 13.1. The fourth-order valence-electron chi connectivity index (χ4n) is 3.08. The summed E-state index contributed by atoms with van der Waals surface area (Å²) >= 11 is 0. The van der Waals surface area contributed by atoms with Gasteiger partial charge in [-0.25, -0.2) is 4.79 Å². The average Bonchev–Trinajstić information content (AvgIpc) is 2.73. The minimum Gasteiger partial charge on any atom is -0.480 e. The molecule has 0 spiro atoms. The molecule has 1 saturated carbocycles. The maximum Gasteiger partial charge on any atom is 0.326 e. The number of aliphatic carboxylic acids is 1. The van der Waals surface area contributed by atoms with E-state index < -0.39 is 18.1 Å². The normalized spacial score (nSPS) is 29.5. The first kappa shape index (κ1) is 13.3. The predicted octanol–water partition coefficient (Wildman–Crippen LogP) is 1.00. The minimum absolute atomic E-state index is 0.106. The number of amides is 1. The fourth-order valence-corrected chi connectivity index (χ4v) is 3.08. The fraction of sp³-hybridized carbons (Fsp3) is 0.846. The molecule has 102 valence electrons. The second kappa shape index (κ2) is 5.69. The van der Waals surface area contributed by atoms with Crippen molar-refractivity contribution in [1.82, 2.24) is 4.90 Å². The first-order valence-corrected chi connectivity index (χ1v) is 6.78. The van der Waals surface area contributed by atoms with Crippen molar-refractivity contribution in [3.05, 3.63) is 0 Å². The molecule has 1 heterocycles. The van der Waals surface area contributed by atoms with Gasteiger partial charge in [0, 0.05) is 19.4 Å². The number of carboxylic acid groups (broad SMARTS) is 1. The molecule has 5 nitrogen and oxygen atoms in total. The van der Waals surface area contributed by atoms with Crippen LogP contribution in [0.5, 0.6) is 0 Å². The molecule has 2 fully saturated rings. The number of carbonyl (C=O) groups is 2. The van der Waals surface area contributed by atoms with E-state index in [9.17, 15) is 14.7 Å². The maximum absolute atomic E-state index is 12.1. The summed E-state index contributed by atoms with van der Waals surface area (Å²) in [5, 5.41) is 18.6. The summed E-state index contributed by atoms with van der Waals surface area (Å²) in [6.45, 7) is 0.169. The molecule has 1 aliphatic heterocycles. The summed E-state index contributed by atoms with van der Waals surface area (Å²) in [6.07, 6.45) is 5.63. The van der Waals surface area contributed by atoms with Gasteiger partial charge in [0.1, 0.15) is 6.04 Å². The highest BCUT2D eigenvalue weighted by Gasteiger charge is 2.39. The third-order valence-electron chi connectivity index (χ3n) is 4.07. The lowest BCUT2D eigenvalue weighted by Gasteiger charge is -2.26. The van der Waals surface area contributed by atoms with Crippen LogP contribution in [0.1, 0.15) is 44.9 Å². The van der Waals surface area contributed by atoms with E-state index >= 15 is 0 Å². The Balaban J connectivity index is 1.92. The molecular weight excluding hydrogens is 234 g/mol. The van der Waals surface area contributed by atoms with Gasteiger partial charge in [-0.3, -0.25) is 4.79 Å². The molecule has 1 saturated heterocycles. The molecule has 5 heteroatoms. The van der Waals surface area contributed by atoms with Crippen LogP contribution in [0.2, 0.25) is 0 Å². The van der Waals surface area contributed by atoms with Gasteiger partial charge < -0.3 is 15.1 Å². The number of carbonyl (C=O) groups excluding carboxylic acids is 1. The van der Waals surface area contributed by atoms with Gasteiger partial charge in [0.2, 0.25) is 5.91 Å². The molecule has 0 radical (unpaired) electrons. The van der Waals surface area contributed by atoms with E-state index in [-0.39, 0.29) is 18.9 Å². The molecular formula is C13H21NO4. The Morgan fingerprint density at radius 1 is 1.17 bits per heavy atom. The third kappa shape index (κ3) is 3.02. The number of hydrogen-bond donors (Lipinski definition) is 2. The molecule has 2 N–H and O–H groups in total. The van der Waals surface area contributed by atoms with Crippen molar-refractivity contribution < 1.29 is 19.8 Å². The Morgan fingerprint density at radius 2 is 1.83 bits per heavy atom. The van der Waals surface area contributed by atoms with Crippen LogP contribution in [-0.4, -0.2) is 45.7 Å². The number of hydrogen-bond acceptors (Lipinski definition) is 3. The van der Waals surface area contributed by atoms with E-state index in [1.54, 1.807) is 0 Å². The maximum atomic E-state index is 12.1. The zero-order valence-corrected chi connectivity index (χ0v) is 10.5. The van der Waals surface area contributed by atoms with Crippen LogP contribution < -0.4 is 0 Å². The first-order valence-electron chi connectivity index (χ1n) is 6.78. The van der Waals surface area contributed by atoms with Crippen molar-refractivity contribution in [2.45, 2.75) is 57.1 Å². The van der Waals surface area contributed by atoms with E-state index in [0.717, 1.165) is 12.8 Å². The van der Waals surface area contributed by atoms with Crippen molar-refractivity contribution in [2.24, 2.45) is 5.92 Å². The van der Waals surface area contributed by atoms with Crippen molar-refractivity contribution in [3.63, 3.8) is 0 Å². The molecule has 0 bridgehead atoms. The number of aliphatic hydroxyl groups excluding tert-OH is 1. The van der Waals surface area contributed by atoms with E-state index in [0.29, 0.717) is 12.3 Å². The molecule has 2 rings (SSSR count). The van der Waals surface area contributed by atoms with Crippen molar-refractivity contribution in [3.8, 4) is 0 Å². The number of carboxylic acids is 1. The second-order valence-electron chi connectivity index (χ2n) is 5.50. The molecule has 0 aromatic carbocycles. The number of aliphatic hydroxyl groups is 1. The molecule has 1 amide bonds. The number of nitrogens with zero attached hydrogens (tertiary/aromatic N) is 1. The van der Waals surface area contributed by atoms with Crippen molar-refractivity contribution >= 4 is 11.9 Å². The van der Waals surface area contributed by atoms with Crippen LogP contribution in [0.3, 0.4) is 0 Å². The van der Waals surface area contributed by atoms with Gasteiger partial charge in [-0.05, 0) is 18.8 Å². The van der Waals surface area contributed by atoms with Gasteiger partial charge in [0.25, 0.3) is 0 Å². The molecule has 18 heavy (non-hydrogen) atoms. The van der Waals surface area contributed by atoms with Crippen LogP contribution in [0.25, 0.3) is 0 Å². The van der Waals surface area contributed by atoms with Gasteiger partial charge in [0.05, 0.1) is 6.10 Å². The van der Waals surface area contributed by atoms with Crippen LogP contribution in [0.15, 0.2) is 0 Å². The lowest BCUT2D eigenvalue weighted by molar-refractivity contribution is -0.148. The van der Waals surface area contributed by atoms with Crippen LogP contribution in [0, 0.1) is 5.92 Å². The minimum atomic E-state index is -1.01. The molecule has 2 aliphatic rings. The number of β-amino-alcohol motifs (C(OH)–C–C–N with tert-alkyl or cyclic N) is 1. The van der Waals surface area contributed by atoms with Crippen molar-refractivity contribution in [1.29, 1.82) is 0 Å². The molecule has 0 aromatic rings. The van der Waals surface area contributed by atoms with Gasteiger partial charge >= 0.3 is 5.97 Å². The Labute approximate surface area is 107 Å². The van der Waals surface area contributed by atoms with Gasteiger partial charge in [-0.1, -0.05) is 19.3 Å². The number of likely N-dealkylation sites (tertiary alicyclic amines) is 1. The predicted molar refractivity (Wildman–Crippen MR) is 65.0 cm³/mol. The highest BCUT2D eigenvalue weighted by Crippen LogP contribution is 2.28. The van der Waals surface area contributed by atoms with Gasteiger partial charge in [-0.15, -0.1) is 0 Å². The second-order valence-corrected chi connectivity index (χ2v) is 5.50. The Kier molecular flexibility index (Phi) is 4.22. The first-order chi connectivity index (χ1) is 8.58. The summed E-state index contributed by atoms with van der Waals surface area (Å²) < 4.78 is 0. The molecule has 0 unspecified atom stereocenters. The molecule has 1 aliphatic carbocycles. The van der Waals surface area contributed by atoms with E-state index in [2.05, 4.69) is 0 Å². The zero-order valence-electron chi connectivity index (χ0n) is 10.5. The molecule has 2 atom stereocenters. The van der Waals surface area contributed by atoms with Gasteiger partial charge in [-0.2, -0.15) is 0 Å². The monoisotopic (exact) mass is 255 g/mol. The lowest BCUT2D eigenvalue weighted by atomic mass is 9.86. The van der Waals surface area contributed by atoms with Gasteiger partial charge in [0.15, 0.2) is 0 Å². The highest BCUT2D eigenvalue weighted by molar-refractivity contribution is 5.84. The lowest BCUT2D eigenvalue weighted by Crippen LogP contribution is -2.41. The summed E-state index contributed by atoms with van der Waals surface area (Å²) in [7, 11) is 0. The largest absolute Gasteiger partial charge is 0.480 e. The van der Waals surface area contributed by atoms with Crippen LogP contribution >= 0.6 is 0 Å². The third-order valence-corrected chi connectivity index (χ3v) is 4.07. The van der Waals surface area contributed by atoms with Crippen LogP contribution in [-0.2, 0) is 9.59 Å². The average molecular weight is 255 g/mol. The quantitative estimate of drug-likeness (QED) is 0.788. The Hall–Kier alpha value is -1.10. The van der Waals surface area contributed by atoms with E-state index in [4.69, 9.17) is 5.11 Å². The van der Waals surface area contributed by atoms with Crippen molar-refractivity contribution in [2.75, 3.05) is 6.54 Å². The smallest absolute Gasteiger partial charge is 0.326 e. The topological polar surface area (TPSA) is 77.8 Å². The summed E-state index contributed by atoms with van der Waals surface area (Å²) in [5.41, 5.74) is 0. The van der Waals surface area contributed by atoms with E-state index in [1.165, 1.54) is 24.2 Å².